The number of aromatic nitrogens is 4. The molecule has 5 rings (SSSR count). The van der Waals surface area contributed by atoms with Crippen LogP contribution in [0.5, 0.6) is 0 Å². The Morgan fingerprint density at radius 2 is 2.00 bits per heavy atom. The number of piperidine rings is 1. The van der Waals surface area contributed by atoms with Crippen LogP contribution in [-0.2, 0) is 18.4 Å². The smallest absolute Gasteiger partial charge is 0.223 e. The number of nitrogens with one attached hydrogen (secondary N) is 3. The number of carbonyl (C=O) groups is 1. The standard InChI is InChI=1S/C28H45N7O/c1-18(2)35-25(8-10-31-35)22-14-20(17-34-12-11-33(4)28(34)29)15-23(16-22)27(36)32-26(21-5-6-21)24-13-19(3)7-9-30-24/h8,10-12,18-24,26,29-30H,5-7,9,13-17H2,1-4H3,(H,32,36)/t19?,20?,22?,23?,24?,26-/m1/s1. The molecule has 198 valence electrons. The lowest BCUT2D eigenvalue weighted by molar-refractivity contribution is -0.128. The minimum atomic E-state index is -0.00924. The van der Waals surface area contributed by atoms with Crippen LogP contribution in [0.4, 0.5) is 0 Å². The molecule has 0 bridgehead atoms. The second kappa shape index (κ2) is 10.6. The highest BCUT2D eigenvalue weighted by Crippen LogP contribution is 2.42. The summed E-state index contributed by atoms with van der Waals surface area (Å²) in [4.78, 5) is 13.9. The van der Waals surface area contributed by atoms with Gasteiger partial charge in [-0.15, -0.1) is 0 Å². The van der Waals surface area contributed by atoms with Crippen molar-refractivity contribution in [3.8, 4) is 0 Å². The number of carbonyl (C=O) groups excluding carboxylic acids is 1. The van der Waals surface area contributed by atoms with Crippen LogP contribution in [0.15, 0.2) is 24.7 Å². The maximum Gasteiger partial charge on any atom is 0.223 e. The number of hydrogen-bond acceptors (Lipinski definition) is 4. The summed E-state index contributed by atoms with van der Waals surface area (Å²) in [5, 5.41) is 20.3. The molecule has 3 N–H and O–H groups in total. The van der Waals surface area contributed by atoms with E-state index in [4.69, 9.17) is 5.41 Å². The summed E-state index contributed by atoms with van der Waals surface area (Å²) in [7, 11) is 1.91. The normalized spacial score (nSPS) is 29.9. The lowest BCUT2D eigenvalue weighted by Crippen LogP contribution is -2.55. The zero-order valence-corrected chi connectivity index (χ0v) is 22.5. The molecule has 0 aromatic carbocycles. The molecular formula is C28H45N7O. The second-order valence-corrected chi connectivity index (χ2v) is 12.2. The van der Waals surface area contributed by atoms with Crippen LogP contribution in [0.25, 0.3) is 0 Å². The van der Waals surface area contributed by atoms with Gasteiger partial charge in [-0.05, 0) is 89.2 Å². The van der Waals surface area contributed by atoms with Crippen LogP contribution in [0.2, 0.25) is 0 Å². The number of amides is 1. The van der Waals surface area contributed by atoms with Gasteiger partial charge in [0.2, 0.25) is 11.5 Å². The second-order valence-electron chi connectivity index (χ2n) is 12.2. The van der Waals surface area contributed by atoms with E-state index in [9.17, 15) is 4.79 Å². The predicted octanol–water partition coefficient (Wildman–Crippen LogP) is 3.57. The monoisotopic (exact) mass is 495 g/mol. The zero-order chi connectivity index (χ0) is 25.4. The van der Waals surface area contributed by atoms with Crippen molar-refractivity contribution in [1.82, 2.24) is 29.5 Å². The van der Waals surface area contributed by atoms with Crippen LogP contribution in [-0.4, -0.2) is 43.5 Å². The number of rotatable bonds is 8. The van der Waals surface area contributed by atoms with E-state index in [1.54, 1.807) is 0 Å². The Labute approximate surface area is 215 Å². The summed E-state index contributed by atoms with van der Waals surface area (Å²) < 4.78 is 6.01. The van der Waals surface area contributed by atoms with Gasteiger partial charge in [0.25, 0.3) is 0 Å². The number of hydrogen-bond donors (Lipinski definition) is 3. The highest BCUT2D eigenvalue weighted by molar-refractivity contribution is 5.79. The summed E-state index contributed by atoms with van der Waals surface area (Å²) in [5.41, 5.74) is 1.76. The van der Waals surface area contributed by atoms with Crippen LogP contribution in [0.3, 0.4) is 0 Å². The van der Waals surface area contributed by atoms with Gasteiger partial charge < -0.3 is 19.8 Å². The van der Waals surface area contributed by atoms with Crippen LogP contribution in [0, 0.1) is 29.1 Å². The Kier molecular flexibility index (Phi) is 7.42. The van der Waals surface area contributed by atoms with Crippen molar-refractivity contribution < 1.29 is 4.79 Å². The van der Waals surface area contributed by atoms with Gasteiger partial charge in [-0.3, -0.25) is 14.9 Å². The molecule has 2 aromatic rings. The molecule has 8 heteroatoms. The van der Waals surface area contributed by atoms with Gasteiger partial charge >= 0.3 is 0 Å². The molecule has 1 amide bonds. The first-order valence-corrected chi connectivity index (χ1v) is 14.1. The largest absolute Gasteiger partial charge is 0.351 e. The summed E-state index contributed by atoms with van der Waals surface area (Å²) in [6.07, 6.45) is 13.5. The average molecular weight is 496 g/mol. The maximum atomic E-state index is 13.9. The maximum absolute atomic E-state index is 13.9. The highest BCUT2D eigenvalue weighted by atomic mass is 16.2. The highest BCUT2D eigenvalue weighted by Gasteiger charge is 2.41. The Balaban J connectivity index is 1.35. The van der Waals surface area contributed by atoms with E-state index >= 15 is 0 Å². The number of imidazole rings is 1. The van der Waals surface area contributed by atoms with Crippen LogP contribution in [0.1, 0.15) is 83.4 Å². The Hall–Kier alpha value is -2.35. The lowest BCUT2D eigenvalue weighted by Gasteiger charge is -2.38. The summed E-state index contributed by atoms with van der Waals surface area (Å²) in [5.74, 6) is 2.22. The average Bonchev–Trinajstić information content (AvgIpc) is 3.49. The molecule has 8 nitrogen and oxygen atoms in total. The van der Waals surface area contributed by atoms with Crippen LogP contribution < -0.4 is 16.3 Å². The molecule has 0 radical (unpaired) electrons. The fourth-order valence-corrected chi connectivity index (χ4v) is 6.78. The summed E-state index contributed by atoms with van der Waals surface area (Å²) in [6.45, 7) is 8.53. The first kappa shape index (κ1) is 25.3. The van der Waals surface area contributed by atoms with Gasteiger partial charge in [-0.2, -0.15) is 5.10 Å². The summed E-state index contributed by atoms with van der Waals surface area (Å²) in [6, 6.07) is 3.09. The summed E-state index contributed by atoms with van der Waals surface area (Å²) >= 11 is 0. The molecule has 5 unspecified atom stereocenters. The van der Waals surface area contributed by atoms with Gasteiger partial charge in [-0.1, -0.05) is 6.92 Å². The molecule has 3 heterocycles. The van der Waals surface area contributed by atoms with E-state index in [1.807, 2.05) is 34.8 Å². The quantitative estimate of drug-likeness (QED) is 0.523. The van der Waals surface area contributed by atoms with Gasteiger partial charge in [0.05, 0.1) is 0 Å². The Morgan fingerprint density at radius 3 is 2.67 bits per heavy atom. The third-order valence-corrected chi connectivity index (χ3v) is 8.89. The molecule has 2 aromatic heterocycles. The third-order valence-electron chi connectivity index (χ3n) is 8.89. The topological polar surface area (TPSA) is 92.7 Å². The predicted molar refractivity (Wildman–Crippen MR) is 140 cm³/mol. The molecule has 1 saturated heterocycles. The molecular weight excluding hydrogens is 450 g/mol. The van der Waals surface area contributed by atoms with E-state index < -0.39 is 0 Å². The fraction of sp³-hybridized carbons (Fsp3) is 0.750. The molecule has 3 aliphatic rings. The van der Waals surface area contributed by atoms with Crippen molar-refractivity contribution in [2.75, 3.05) is 6.54 Å². The fourth-order valence-electron chi connectivity index (χ4n) is 6.78. The van der Waals surface area contributed by atoms with E-state index in [2.05, 4.69) is 47.3 Å². The molecule has 6 atom stereocenters. The minimum Gasteiger partial charge on any atom is -0.351 e. The lowest BCUT2D eigenvalue weighted by atomic mass is 9.73. The van der Waals surface area contributed by atoms with E-state index in [-0.39, 0.29) is 17.9 Å². The van der Waals surface area contributed by atoms with Crippen molar-refractivity contribution in [3.05, 3.63) is 36.0 Å². The van der Waals surface area contributed by atoms with Gasteiger partial charge in [-0.25, -0.2) is 0 Å². The molecule has 36 heavy (non-hydrogen) atoms. The SMILES string of the molecule is CC1CCNC([C@H](NC(=O)C2CC(Cn3ccn(C)c3=N)CC(c3ccnn3C(C)C)C2)C2CC2)C1. The minimum absolute atomic E-state index is 0.00924. The number of aryl methyl sites for hydroxylation is 1. The Bertz CT molecular complexity index is 1090. The molecule has 2 saturated carbocycles. The van der Waals surface area contributed by atoms with Crippen molar-refractivity contribution >= 4 is 5.91 Å². The van der Waals surface area contributed by atoms with Crippen LogP contribution >= 0.6 is 0 Å². The van der Waals surface area contributed by atoms with E-state index in [1.165, 1.54) is 25.0 Å². The number of nitrogens with zero attached hydrogens (tertiary/aromatic N) is 4. The van der Waals surface area contributed by atoms with Gasteiger partial charge in [0, 0.05) is 67.8 Å². The van der Waals surface area contributed by atoms with E-state index in [0.717, 1.165) is 44.7 Å². The van der Waals surface area contributed by atoms with Crippen molar-refractivity contribution in [3.63, 3.8) is 0 Å². The van der Waals surface area contributed by atoms with Gasteiger partial charge in [0.1, 0.15) is 0 Å². The first-order chi connectivity index (χ1) is 17.3. The third kappa shape index (κ3) is 5.48. The van der Waals surface area contributed by atoms with Crippen molar-refractivity contribution in [1.29, 1.82) is 5.41 Å². The first-order valence-electron chi connectivity index (χ1n) is 14.1. The van der Waals surface area contributed by atoms with Crippen molar-refractivity contribution in [2.24, 2.45) is 30.7 Å². The Morgan fingerprint density at radius 1 is 1.19 bits per heavy atom. The molecule has 3 fully saturated rings. The molecule has 1 aliphatic heterocycles. The zero-order valence-electron chi connectivity index (χ0n) is 22.5. The van der Waals surface area contributed by atoms with E-state index in [0.29, 0.717) is 35.5 Å². The van der Waals surface area contributed by atoms with Crippen molar-refractivity contribution in [2.45, 2.75) is 96.3 Å². The molecule has 0 spiro atoms. The molecule has 2 aliphatic carbocycles. The van der Waals surface area contributed by atoms with Gasteiger partial charge in [0.15, 0.2) is 0 Å².